The topological polar surface area (TPSA) is 18.5 Å². The summed E-state index contributed by atoms with van der Waals surface area (Å²) >= 11 is 0. The molecule has 0 spiro atoms. The zero-order valence-electron chi connectivity index (χ0n) is 11.8. The van der Waals surface area contributed by atoms with E-state index in [0.717, 1.165) is 25.1 Å². The van der Waals surface area contributed by atoms with Crippen molar-refractivity contribution in [2.24, 2.45) is 0 Å². The van der Waals surface area contributed by atoms with Gasteiger partial charge in [0.25, 0.3) is 0 Å². The molecule has 102 valence electrons. The lowest BCUT2D eigenvalue weighted by molar-refractivity contribution is 0.401. The SMILES string of the molecule is CNCc1ccc(N(C)CCCN(C)C)c(F)c1. The van der Waals surface area contributed by atoms with E-state index in [2.05, 4.69) is 10.2 Å². The normalized spacial score (nSPS) is 11.0. The number of benzene rings is 1. The minimum Gasteiger partial charge on any atom is -0.372 e. The van der Waals surface area contributed by atoms with Crippen LogP contribution in [0.4, 0.5) is 10.1 Å². The largest absolute Gasteiger partial charge is 0.372 e. The highest BCUT2D eigenvalue weighted by Crippen LogP contribution is 2.19. The molecule has 0 aliphatic carbocycles. The van der Waals surface area contributed by atoms with E-state index in [1.165, 1.54) is 0 Å². The highest BCUT2D eigenvalue weighted by molar-refractivity contribution is 5.48. The lowest BCUT2D eigenvalue weighted by atomic mass is 10.2. The molecule has 18 heavy (non-hydrogen) atoms. The van der Waals surface area contributed by atoms with Crippen LogP contribution in [0.25, 0.3) is 0 Å². The fourth-order valence-corrected chi connectivity index (χ4v) is 1.92. The lowest BCUT2D eigenvalue weighted by Gasteiger charge is -2.21. The molecule has 0 saturated heterocycles. The minimum absolute atomic E-state index is 0.143. The van der Waals surface area contributed by atoms with E-state index in [4.69, 9.17) is 0 Å². The average molecular weight is 253 g/mol. The first-order valence-electron chi connectivity index (χ1n) is 6.33. The first-order chi connectivity index (χ1) is 8.54. The van der Waals surface area contributed by atoms with Crippen LogP contribution < -0.4 is 10.2 Å². The summed E-state index contributed by atoms with van der Waals surface area (Å²) in [6.45, 7) is 2.58. The Bertz CT molecular complexity index is 366. The van der Waals surface area contributed by atoms with Gasteiger partial charge in [0.1, 0.15) is 5.82 Å². The Hall–Kier alpha value is -1.13. The Morgan fingerprint density at radius 1 is 1.17 bits per heavy atom. The van der Waals surface area contributed by atoms with Crippen LogP contribution in [0.15, 0.2) is 18.2 Å². The number of nitrogens with zero attached hydrogens (tertiary/aromatic N) is 2. The molecule has 1 aromatic rings. The van der Waals surface area contributed by atoms with Crippen molar-refractivity contribution < 1.29 is 4.39 Å². The summed E-state index contributed by atoms with van der Waals surface area (Å²) in [6.07, 6.45) is 1.03. The van der Waals surface area contributed by atoms with Gasteiger partial charge < -0.3 is 15.1 Å². The fraction of sp³-hybridized carbons (Fsp3) is 0.571. The molecular formula is C14H24FN3. The highest BCUT2D eigenvalue weighted by Gasteiger charge is 2.08. The summed E-state index contributed by atoms with van der Waals surface area (Å²) in [6, 6.07) is 5.43. The molecular weight excluding hydrogens is 229 g/mol. The molecule has 0 aromatic heterocycles. The summed E-state index contributed by atoms with van der Waals surface area (Å²) in [5.41, 5.74) is 1.65. The van der Waals surface area contributed by atoms with Crippen molar-refractivity contribution in [3.05, 3.63) is 29.6 Å². The third-order valence-corrected chi connectivity index (χ3v) is 2.90. The number of hydrogen-bond acceptors (Lipinski definition) is 3. The smallest absolute Gasteiger partial charge is 0.146 e. The second kappa shape index (κ2) is 7.34. The standard InChI is InChI=1S/C14H24FN3/c1-16-11-12-6-7-14(13(15)10-12)18(4)9-5-8-17(2)3/h6-7,10,16H,5,8-9,11H2,1-4H3. The van der Waals surface area contributed by atoms with Crippen LogP contribution in [0.5, 0.6) is 0 Å². The number of hydrogen-bond donors (Lipinski definition) is 1. The van der Waals surface area contributed by atoms with E-state index in [1.807, 2.05) is 45.2 Å². The van der Waals surface area contributed by atoms with Crippen molar-refractivity contribution in [3.63, 3.8) is 0 Å². The van der Waals surface area contributed by atoms with Crippen LogP contribution in [0.3, 0.4) is 0 Å². The molecule has 0 unspecified atom stereocenters. The second-order valence-corrected chi connectivity index (χ2v) is 4.89. The van der Waals surface area contributed by atoms with Crippen molar-refractivity contribution in [3.8, 4) is 0 Å². The van der Waals surface area contributed by atoms with E-state index in [-0.39, 0.29) is 5.82 Å². The Balaban J connectivity index is 2.59. The fourth-order valence-electron chi connectivity index (χ4n) is 1.92. The minimum atomic E-state index is -0.143. The van der Waals surface area contributed by atoms with Crippen LogP contribution in [0.2, 0.25) is 0 Å². The first-order valence-corrected chi connectivity index (χ1v) is 6.33. The van der Waals surface area contributed by atoms with Crippen LogP contribution >= 0.6 is 0 Å². The maximum atomic E-state index is 13.9. The van der Waals surface area contributed by atoms with Crippen LogP contribution in [0, 0.1) is 5.82 Å². The van der Waals surface area contributed by atoms with Crippen molar-refractivity contribution in [1.29, 1.82) is 0 Å². The highest BCUT2D eigenvalue weighted by atomic mass is 19.1. The number of anilines is 1. The van der Waals surface area contributed by atoms with Gasteiger partial charge in [-0.2, -0.15) is 0 Å². The molecule has 0 bridgehead atoms. The summed E-state index contributed by atoms with van der Waals surface area (Å²) in [7, 11) is 7.89. The average Bonchev–Trinajstić information content (AvgIpc) is 2.28. The Labute approximate surface area is 110 Å². The second-order valence-electron chi connectivity index (χ2n) is 4.89. The maximum Gasteiger partial charge on any atom is 0.146 e. The summed E-state index contributed by atoms with van der Waals surface area (Å²) in [4.78, 5) is 4.11. The van der Waals surface area contributed by atoms with E-state index in [1.54, 1.807) is 6.07 Å². The third kappa shape index (κ3) is 4.63. The van der Waals surface area contributed by atoms with Crippen molar-refractivity contribution in [2.45, 2.75) is 13.0 Å². The molecule has 1 rings (SSSR count). The Morgan fingerprint density at radius 3 is 2.44 bits per heavy atom. The van der Waals surface area contributed by atoms with Gasteiger partial charge in [-0.1, -0.05) is 6.07 Å². The number of rotatable bonds is 7. The number of halogens is 1. The van der Waals surface area contributed by atoms with Gasteiger partial charge in [-0.15, -0.1) is 0 Å². The molecule has 0 aliphatic heterocycles. The van der Waals surface area contributed by atoms with Gasteiger partial charge in [-0.05, 0) is 51.8 Å². The maximum absolute atomic E-state index is 13.9. The predicted octanol–water partition coefficient (Wildman–Crippen LogP) is 1.93. The zero-order valence-corrected chi connectivity index (χ0v) is 11.8. The summed E-state index contributed by atoms with van der Waals surface area (Å²) < 4.78 is 13.9. The lowest BCUT2D eigenvalue weighted by Crippen LogP contribution is -2.24. The van der Waals surface area contributed by atoms with E-state index in [0.29, 0.717) is 12.2 Å². The molecule has 1 aromatic carbocycles. The van der Waals surface area contributed by atoms with E-state index in [9.17, 15) is 4.39 Å². The molecule has 0 saturated carbocycles. The molecule has 0 fully saturated rings. The summed E-state index contributed by atoms with van der Waals surface area (Å²) in [5.74, 6) is -0.143. The van der Waals surface area contributed by atoms with Crippen molar-refractivity contribution >= 4 is 5.69 Å². The molecule has 1 N–H and O–H groups in total. The molecule has 0 radical (unpaired) electrons. The van der Waals surface area contributed by atoms with Crippen LogP contribution in [0.1, 0.15) is 12.0 Å². The van der Waals surface area contributed by atoms with Gasteiger partial charge in [0.15, 0.2) is 0 Å². The summed E-state index contributed by atoms with van der Waals surface area (Å²) in [5, 5.41) is 3.02. The number of nitrogens with one attached hydrogen (secondary N) is 1. The third-order valence-electron chi connectivity index (χ3n) is 2.90. The molecule has 0 amide bonds. The van der Waals surface area contributed by atoms with Crippen molar-refractivity contribution in [1.82, 2.24) is 10.2 Å². The van der Waals surface area contributed by atoms with Gasteiger partial charge in [0.05, 0.1) is 5.69 Å². The monoisotopic (exact) mass is 253 g/mol. The van der Waals surface area contributed by atoms with Gasteiger partial charge >= 0.3 is 0 Å². The molecule has 3 nitrogen and oxygen atoms in total. The van der Waals surface area contributed by atoms with Gasteiger partial charge in [0, 0.05) is 20.1 Å². The predicted molar refractivity (Wildman–Crippen MR) is 75.6 cm³/mol. The van der Waals surface area contributed by atoms with Crippen LogP contribution in [-0.4, -0.2) is 46.2 Å². The molecule has 0 aliphatic rings. The Morgan fingerprint density at radius 2 is 1.89 bits per heavy atom. The van der Waals surface area contributed by atoms with Gasteiger partial charge in [-0.25, -0.2) is 4.39 Å². The quantitative estimate of drug-likeness (QED) is 0.801. The Kier molecular flexibility index (Phi) is 6.09. The first kappa shape index (κ1) is 14.9. The van der Waals surface area contributed by atoms with E-state index >= 15 is 0 Å². The zero-order chi connectivity index (χ0) is 13.5. The van der Waals surface area contributed by atoms with E-state index < -0.39 is 0 Å². The molecule has 4 heteroatoms. The van der Waals surface area contributed by atoms with Crippen LogP contribution in [-0.2, 0) is 6.54 Å². The van der Waals surface area contributed by atoms with Gasteiger partial charge in [-0.3, -0.25) is 0 Å². The molecule has 0 heterocycles. The van der Waals surface area contributed by atoms with Gasteiger partial charge in [0.2, 0.25) is 0 Å². The molecule has 0 atom stereocenters. The van der Waals surface area contributed by atoms with Crippen molar-refractivity contribution in [2.75, 3.05) is 46.2 Å².